The SMILES string of the molecule is COc1cc([C@H](C2CCCC2)N2CCNCC2)c([N+](=O)[O-])cc1OC.Cl.Cl. The summed E-state index contributed by atoms with van der Waals surface area (Å²) in [6.07, 6.45) is 4.66. The minimum absolute atomic E-state index is 0. The van der Waals surface area contributed by atoms with E-state index in [-0.39, 0.29) is 41.5 Å². The quantitative estimate of drug-likeness (QED) is 0.558. The maximum absolute atomic E-state index is 11.8. The molecular formula is C18H29Cl2N3O4. The van der Waals surface area contributed by atoms with E-state index in [1.54, 1.807) is 7.11 Å². The average molecular weight is 422 g/mol. The average Bonchev–Trinajstić information content (AvgIpc) is 3.16. The summed E-state index contributed by atoms with van der Waals surface area (Å²) in [6.45, 7) is 3.66. The van der Waals surface area contributed by atoms with Crippen LogP contribution in [-0.2, 0) is 0 Å². The highest BCUT2D eigenvalue weighted by atomic mass is 35.5. The molecule has 9 heteroatoms. The Kier molecular flexibility index (Phi) is 9.59. The van der Waals surface area contributed by atoms with E-state index in [0.717, 1.165) is 44.6 Å². The molecule has 0 radical (unpaired) electrons. The van der Waals surface area contributed by atoms with Gasteiger partial charge in [0.15, 0.2) is 11.5 Å². The second-order valence-electron chi connectivity index (χ2n) is 6.80. The Morgan fingerprint density at radius 2 is 1.67 bits per heavy atom. The van der Waals surface area contributed by atoms with E-state index in [0.29, 0.717) is 17.4 Å². The number of halogens is 2. The zero-order valence-corrected chi connectivity index (χ0v) is 17.4. The molecule has 1 saturated carbocycles. The third kappa shape index (κ3) is 5.16. The van der Waals surface area contributed by atoms with Gasteiger partial charge in [0.05, 0.1) is 30.8 Å². The first kappa shape index (κ1) is 23.8. The van der Waals surface area contributed by atoms with Crippen LogP contribution in [0.4, 0.5) is 5.69 Å². The lowest BCUT2D eigenvalue weighted by Crippen LogP contribution is -2.46. The first-order chi connectivity index (χ1) is 12.2. The Hall–Kier alpha value is -1.28. The molecule has 1 aliphatic carbocycles. The predicted molar refractivity (Wildman–Crippen MR) is 110 cm³/mol. The van der Waals surface area contributed by atoms with Crippen molar-refractivity contribution in [3.63, 3.8) is 0 Å². The molecule has 7 nitrogen and oxygen atoms in total. The highest BCUT2D eigenvalue weighted by Gasteiger charge is 2.36. The molecule has 2 aliphatic rings. The minimum Gasteiger partial charge on any atom is -0.493 e. The topological polar surface area (TPSA) is 76.9 Å². The summed E-state index contributed by atoms with van der Waals surface area (Å²) in [5.74, 6) is 1.42. The largest absolute Gasteiger partial charge is 0.493 e. The first-order valence-corrected chi connectivity index (χ1v) is 9.00. The summed E-state index contributed by atoms with van der Waals surface area (Å²) in [7, 11) is 3.08. The zero-order valence-electron chi connectivity index (χ0n) is 15.8. The van der Waals surface area contributed by atoms with Crippen LogP contribution in [-0.4, -0.2) is 50.2 Å². The Balaban J connectivity index is 0.00000182. The van der Waals surface area contributed by atoms with Crippen molar-refractivity contribution in [2.75, 3.05) is 40.4 Å². The molecule has 0 spiro atoms. The van der Waals surface area contributed by atoms with Crippen molar-refractivity contribution >= 4 is 30.5 Å². The van der Waals surface area contributed by atoms with E-state index < -0.39 is 0 Å². The summed E-state index contributed by atoms with van der Waals surface area (Å²) >= 11 is 0. The van der Waals surface area contributed by atoms with Crippen molar-refractivity contribution < 1.29 is 14.4 Å². The summed E-state index contributed by atoms with van der Waals surface area (Å²) in [6, 6.07) is 3.39. The number of hydrogen-bond acceptors (Lipinski definition) is 6. The number of nitrogens with zero attached hydrogens (tertiary/aromatic N) is 2. The van der Waals surface area contributed by atoms with E-state index in [4.69, 9.17) is 9.47 Å². The Morgan fingerprint density at radius 3 is 2.19 bits per heavy atom. The number of methoxy groups -OCH3 is 2. The third-order valence-electron chi connectivity index (χ3n) is 5.44. The summed E-state index contributed by atoms with van der Waals surface area (Å²) in [4.78, 5) is 13.9. The number of hydrogen-bond donors (Lipinski definition) is 1. The zero-order chi connectivity index (χ0) is 17.8. The van der Waals surface area contributed by atoms with Gasteiger partial charge in [-0.15, -0.1) is 24.8 Å². The first-order valence-electron chi connectivity index (χ1n) is 9.00. The van der Waals surface area contributed by atoms with Crippen LogP contribution in [0.5, 0.6) is 11.5 Å². The van der Waals surface area contributed by atoms with Gasteiger partial charge in [0, 0.05) is 32.2 Å². The minimum atomic E-state index is -0.290. The molecule has 0 unspecified atom stereocenters. The van der Waals surface area contributed by atoms with E-state index in [1.165, 1.54) is 26.0 Å². The second kappa shape index (κ2) is 10.9. The maximum Gasteiger partial charge on any atom is 0.278 e. The normalized spacial score (nSPS) is 18.9. The third-order valence-corrected chi connectivity index (χ3v) is 5.44. The number of benzene rings is 1. The van der Waals surface area contributed by atoms with Crippen LogP contribution in [0, 0.1) is 16.0 Å². The lowest BCUT2D eigenvalue weighted by atomic mass is 9.88. The van der Waals surface area contributed by atoms with Gasteiger partial charge in [-0.05, 0) is 24.8 Å². The van der Waals surface area contributed by atoms with Gasteiger partial charge in [0.1, 0.15) is 0 Å². The summed E-state index contributed by atoms with van der Waals surface area (Å²) in [5, 5.41) is 15.1. The smallest absolute Gasteiger partial charge is 0.278 e. The molecule has 1 heterocycles. The van der Waals surface area contributed by atoms with Crippen LogP contribution in [0.3, 0.4) is 0 Å². The van der Waals surface area contributed by atoms with Crippen molar-refractivity contribution in [3.05, 3.63) is 27.8 Å². The number of piperazine rings is 1. The Bertz CT molecular complexity index is 621. The Morgan fingerprint density at radius 1 is 1.11 bits per heavy atom. The van der Waals surface area contributed by atoms with Gasteiger partial charge in [-0.25, -0.2) is 0 Å². The fraction of sp³-hybridized carbons (Fsp3) is 0.667. The van der Waals surface area contributed by atoms with Crippen LogP contribution in [0.25, 0.3) is 0 Å². The van der Waals surface area contributed by atoms with Crippen molar-refractivity contribution in [1.82, 2.24) is 10.2 Å². The van der Waals surface area contributed by atoms with Crippen LogP contribution in [0.15, 0.2) is 12.1 Å². The van der Waals surface area contributed by atoms with E-state index in [2.05, 4.69) is 10.2 Å². The standard InChI is InChI=1S/C18H27N3O4.2ClH/c1-24-16-11-14(15(21(22)23)12-17(16)25-2)18(13-5-3-4-6-13)20-9-7-19-8-10-20;;/h11-13,18-19H,3-10H2,1-2H3;2*1H/t18-;;/m0../s1. The predicted octanol–water partition coefficient (Wildman–Crippen LogP) is 3.59. The van der Waals surface area contributed by atoms with Crippen LogP contribution in [0.2, 0.25) is 0 Å². The van der Waals surface area contributed by atoms with Gasteiger partial charge < -0.3 is 14.8 Å². The molecule has 0 bridgehead atoms. The van der Waals surface area contributed by atoms with Crippen molar-refractivity contribution in [1.29, 1.82) is 0 Å². The van der Waals surface area contributed by atoms with Crippen LogP contribution < -0.4 is 14.8 Å². The highest BCUT2D eigenvalue weighted by molar-refractivity contribution is 5.85. The number of nitro groups is 1. The monoisotopic (exact) mass is 421 g/mol. The molecule has 1 aromatic carbocycles. The molecule has 27 heavy (non-hydrogen) atoms. The molecule has 1 N–H and O–H groups in total. The maximum atomic E-state index is 11.8. The highest BCUT2D eigenvalue weighted by Crippen LogP contribution is 2.45. The second-order valence-corrected chi connectivity index (χ2v) is 6.80. The van der Waals surface area contributed by atoms with Crippen LogP contribution in [0.1, 0.15) is 37.3 Å². The molecule has 1 saturated heterocycles. The Labute approximate surface area is 172 Å². The molecule has 0 aromatic heterocycles. The fourth-order valence-electron chi connectivity index (χ4n) is 4.26. The molecule has 1 aliphatic heterocycles. The van der Waals surface area contributed by atoms with Gasteiger partial charge in [-0.3, -0.25) is 15.0 Å². The number of rotatable bonds is 6. The van der Waals surface area contributed by atoms with Gasteiger partial charge in [0.2, 0.25) is 0 Å². The van der Waals surface area contributed by atoms with Crippen molar-refractivity contribution in [2.45, 2.75) is 31.7 Å². The molecule has 1 aromatic rings. The molecule has 3 rings (SSSR count). The van der Waals surface area contributed by atoms with Crippen molar-refractivity contribution in [2.24, 2.45) is 5.92 Å². The number of ether oxygens (including phenoxy) is 2. The summed E-state index contributed by atoms with van der Waals surface area (Å²) in [5.41, 5.74) is 0.893. The molecule has 154 valence electrons. The van der Waals surface area contributed by atoms with Crippen LogP contribution >= 0.6 is 24.8 Å². The summed E-state index contributed by atoms with van der Waals surface area (Å²) < 4.78 is 10.7. The van der Waals surface area contributed by atoms with Gasteiger partial charge in [-0.1, -0.05) is 12.8 Å². The molecule has 1 atom stereocenters. The van der Waals surface area contributed by atoms with E-state index >= 15 is 0 Å². The molecular weight excluding hydrogens is 393 g/mol. The van der Waals surface area contributed by atoms with Crippen molar-refractivity contribution in [3.8, 4) is 11.5 Å². The van der Waals surface area contributed by atoms with E-state index in [1.807, 2.05) is 6.07 Å². The van der Waals surface area contributed by atoms with E-state index in [9.17, 15) is 10.1 Å². The lowest BCUT2D eigenvalue weighted by molar-refractivity contribution is -0.386. The number of nitro benzene ring substituents is 1. The molecule has 2 fully saturated rings. The number of nitrogens with one attached hydrogen (secondary N) is 1. The fourth-order valence-corrected chi connectivity index (χ4v) is 4.26. The molecule has 0 amide bonds. The van der Waals surface area contributed by atoms with Gasteiger partial charge in [0.25, 0.3) is 5.69 Å². The van der Waals surface area contributed by atoms with Gasteiger partial charge >= 0.3 is 0 Å². The lowest BCUT2D eigenvalue weighted by Gasteiger charge is -2.38. The van der Waals surface area contributed by atoms with Gasteiger partial charge in [-0.2, -0.15) is 0 Å².